The molecular formula is C20H22ClN3O4S. The van der Waals surface area contributed by atoms with Crippen molar-refractivity contribution in [1.29, 1.82) is 0 Å². The predicted octanol–water partition coefficient (Wildman–Crippen LogP) is 3.38. The zero-order valence-electron chi connectivity index (χ0n) is 15.8. The maximum absolute atomic E-state index is 12.5. The molecule has 9 heteroatoms. The highest BCUT2D eigenvalue weighted by atomic mass is 35.5. The van der Waals surface area contributed by atoms with Crippen molar-refractivity contribution >= 4 is 46.3 Å². The lowest BCUT2D eigenvalue weighted by molar-refractivity contribution is -0.117. The van der Waals surface area contributed by atoms with E-state index in [2.05, 4.69) is 10.2 Å². The molecule has 1 aromatic carbocycles. The number of halogens is 1. The number of thiophene rings is 1. The summed E-state index contributed by atoms with van der Waals surface area (Å²) in [6, 6.07) is 11.4. The van der Waals surface area contributed by atoms with Gasteiger partial charge in [-0.2, -0.15) is 0 Å². The minimum Gasteiger partial charge on any atom is -0.399 e. The van der Waals surface area contributed by atoms with Gasteiger partial charge >= 0.3 is 6.09 Å². The minimum absolute atomic E-state index is 0.0425. The van der Waals surface area contributed by atoms with Crippen molar-refractivity contribution in [1.82, 2.24) is 5.32 Å². The fourth-order valence-corrected chi connectivity index (χ4v) is 4.41. The molecule has 0 saturated carbocycles. The highest BCUT2D eigenvalue weighted by Crippen LogP contribution is 2.29. The van der Waals surface area contributed by atoms with Crippen LogP contribution in [-0.4, -0.2) is 51.4 Å². The van der Waals surface area contributed by atoms with Crippen LogP contribution >= 0.6 is 22.9 Å². The second-order valence-corrected chi connectivity index (χ2v) is 8.70. The van der Waals surface area contributed by atoms with Gasteiger partial charge in [0.1, 0.15) is 0 Å². The molecule has 1 aromatic heterocycles. The van der Waals surface area contributed by atoms with E-state index in [0.29, 0.717) is 28.9 Å². The average Bonchev–Trinajstić information content (AvgIpc) is 3.32. The molecule has 4 rings (SSSR count). The van der Waals surface area contributed by atoms with Crippen molar-refractivity contribution < 1.29 is 19.1 Å². The monoisotopic (exact) mass is 435 g/mol. The number of carbonyl (C=O) groups is 2. The second-order valence-electron chi connectivity index (χ2n) is 7.02. The Labute approximate surface area is 178 Å². The lowest BCUT2D eigenvalue weighted by Crippen LogP contribution is -2.36. The number of morpholine rings is 1. The number of anilines is 2. The predicted molar refractivity (Wildman–Crippen MR) is 113 cm³/mol. The number of nitrogens with one attached hydrogen (secondary N) is 1. The van der Waals surface area contributed by atoms with E-state index in [1.807, 2.05) is 24.3 Å². The van der Waals surface area contributed by atoms with E-state index in [0.717, 1.165) is 37.7 Å². The van der Waals surface area contributed by atoms with Gasteiger partial charge in [0.25, 0.3) is 0 Å². The first-order valence-electron chi connectivity index (χ1n) is 9.52. The van der Waals surface area contributed by atoms with Crippen molar-refractivity contribution in [3.05, 3.63) is 40.7 Å². The SMILES string of the molecule is O=C(NCC1CC(=O)N(c2ccc(N3CCOCC3)cc2)C1)Oc1ccc(Cl)s1. The molecule has 2 amide bonds. The molecule has 2 saturated heterocycles. The molecule has 154 valence electrons. The third-order valence-electron chi connectivity index (χ3n) is 5.02. The summed E-state index contributed by atoms with van der Waals surface area (Å²) in [4.78, 5) is 28.4. The summed E-state index contributed by atoms with van der Waals surface area (Å²) in [7, 11) is 0. The van der Waals surface area contributed by atoms with Crippen LogP contribution in [0.1, 0.15) is 6.42 Å². The van der Waals surface area contributed by atoms with Crippen molar-refractivity contribution in [3.8, 4) is 5.06 Å². The van der Waals surface area contributed by atoms with Gasteiger partial charge in [0.2, 0.25) is 5.91 Å². The number of rotatable bonds is 5. The second kappa shape index (κ2) is 9.02. The van der Waals surface area contributed by atoms with Crippen LogP contribution in [0.2, 0.25) is 4.34 Å². The van der Waals surface area contributed by atoms with E-state index < -0.39 is 6.09 Å². The van der Waals surface area contributed by atoms with Gasteiger partial charge < -0.3 is 24.6 Å². The molecule has 1 N–H and O–H groups in total. The van der Waals surface area contributed by atoms with E-state index >= 15 is 0 Å². The average molecular weight is 436 g/mol. The van der Waals surface area contributed by atoms with Crippen molar-refractivity contribution in [3.63, 3.8) is 0 Å². The van der Waals surface area contributed by atoms with Crippen LogP contribution in [0, 0.1) is 5.92 Å². The fourth-order valence-electron chi connectivity index (χ4n) is 3.54. The molecular weight excluding hydrogens is 414 g/mol. The maximum Gasteiger partial charge on any atom is 0.413 e. The molecule has 7 nitrogen and oxygen atoms in total. The van der Waals surface area contributed by atoms with Gasteiger partial charge in [-0.05, 0) is 36.4 Å². The Hall–Kier alpha value is -2.29. The largest absolute Gasteiger partial charge is 0.413 e. The number of benzene rings is 1. The van der Waals surface area contributed by atoms with Crippen LogP contribution in [0.3, 0.4) is 0 Å². The number of hydrogen-bond donors (Lipinski definition) is 1. The number of nitrogens with zero attached hydrogens (tertiary/aromatic N) is 2. The molecule has 2 aliphatic heterocycles. The topological polar surface area (TPSA) is 71.1 Å². The standard InChI is InChI=1S/C20H22ClN3O4S/c21-17-5-6-19(29-17)28-20(26)22-12-14-11-18(25)24(13-14)16-3-1-15(2-4-16)23-7-9-27-10-8-23/h1-6,14H,7-13H2,(H,22,26). The van der Waals surface area contributed by atoms with Gasteiger partial charge in [-0.3, -0.25) is 4.79 Å². The van der Waals surface area contributed by atoms with Gasteiger partial charge in [0.05, 0.1) is 17.6 Å². The number of amides is 2. The van der Waals surface area contributed by atoms with Crippen LogP contribution in [-0.2, 0) is 9.53 Å². The summed E-state index contributed by atoms with van der Waals surface area (Å²) in [6.07, 6.45) is -0.139. The molecule has 0 spiro atoms. The van der Waals surface area contributed by atoms with E-state index in [9.17, 15) is 9.59 Å². The number of carbonyl (C=O) groups excluding carboxylic acids is 2. The Morgan fingerprint density at radius 2 is 1.90 bits per heavy atom. The van der Waals surface area contributed by atoms with Gasteiger partial charge in [-0.15, -0.1) is 0 Å². The summed E-state index contributed by atoms with van der Waals surface area (Å²) >= 11 is 7.02. The summed E-state index contributed by atoms with van der Waals surface area (Å²) in [5.74, 6) is 0.107. The van der Waals surface area contributed by atoms with Crippen LogP contribution < -0.4 is 19.9 Å². The van der Waals surface area contributed by atoms with E-state index in [4.69, 9.17) is 21.1 Å². The van der Waals surface area contributed by atoms with E-state index in [-0.39, 0.29) is 11.8 Å². The number of hydrogen-bond acceptors (Lipinski definition) is 6. The van der Waals surface area contributed by atoms with Gasteiger partial charge in [0.15, 0.2) is 5.06 Å². The molecule has 3 heterocycles. The first-order chi connectivity index (χ1) is 14.1. The molecule has 29 heavy (non-hydrogen) atoms. The van der Waals surface area contributed by atoms with Crippen molar-refractivity contribution in [2.45, 2.75) is 6.42 Å². The summed E-state index contributed by atoms with van der Waals surface area (Å²) < 4.78 is 11.1. The summed E-state index contributed by atoms with van der Waals surface area (Å²) in [6.45, 7) is 4.19. The Morgan fingerprint density at radius 3 is 2.59 bits per heavy atom. The Morgan fingerprint density at radius 1 is 1.17 bits per heavy atom. The smallest absolute Gasteiger partial charge is 0.399 e. The van der Waals surface area contributed by atoms with Crippen LogP contribution in [0.25, 0.3) is 0 Å². The van der Waals surface area contributed by atoms with Gasteiger partial charge in [-0.1, -0.05) is 22.9 Å². The molecule has 1 unspecified atom stereocenters. The van der Waals surface area contributed by atoms with Gasteiger partial charge in [-0.25, -0.2) is 4.79 Å². The molecule has 0 radical (unpaired) electrons. The molecule has 2 aliphatic rings. The Bertz CT molecular complexity index is 867. The zero-order valence-corrected chi connectivity index (χ0v) is 17.4. The van der Waals surface area contributed by atoms with E-state index in [1.165, 1.54) is 11.3 Å². The van der Waals surface area contributed by atoms with Crippen molar-refractivity contribution in [2.75, 3.05) is 49.2 Å². The first-order valence-corrected chi connectivity index (χ1v) is 10.7. The summed E-state index contributed by atoms with van der Waals surface area (Å²) in [5.41, 5.74) is 2.02. The quantitative estimate of drug-likeness (QED) is 0.779. The zero-order chi connectivity index (χ0) is 20.2. The molecule has 2 aromatic rings. The van der Waals surface area contributed by atoms with Gasteiger partial charge in [0, 0.05) is 49.9 Å². The van der Waals surface area contributed by atoms with Crippen LogP contribution in [0.4, 0.5) is 16.2 Å². The molecule has 0 aliphatic carbocycles. The third-order valence-corrected chi connectivity index (χ3v) is 6.13. The highest BCUT2D eigenvalue weighted by Gasteiger charge is 2.31. The minimum atomic E-state index is -0.538. The van der Waals surface area contributed by atoms with Crippen molar-refractivity contribution in [2.24, 2.45) is 5.92 Å². The van der Waals surface area contributed by atoms with Crippen LogP contribution in [0.5, 0.6) is 5.06 Å². The molecule has 0 bridgehead atoms. The van der Waals surface area contributed by atoms with E-state index in [1.54, 1.807) is 17.0 Å². The fraction of sp³-hybridized carbons (Fsp3) is 0.400. The number of ether oxygens (including phenoxy) is 2. The summed E-state index contributed by atoms with van der Waals surface area (Å²) in [5, 5.41) is 3.17. The normalized spacial score (nSPS) is 19.5. The first kappa shape index (κ1) is 20.0. The lowest BCUT2D eigenvalue weighted by atomic mass is 10.1. The van der Waals surface area contributed by atoms with Crippen LogP contribution in [0.15, 0.2) is 36.4 Å². The maximum atomic E-state index is 12.5. The molecule has 2 fully saturated rings. The Balaban J connectivity index is 1.29. The molecule has 1 atom stereocenters. The lowest BCUT2D eigenvalue weighted by Gasteiger charge is -2.29. The Kier molecular flexibility index (Phi) is 6.22. The highest BCUT2D eigenvalue weighted by molar-refractivity contribution is 7.17. The third kappa shape index (κ3) is 5.01.